The van der Waals surface area contributed by atoms with Gasteiger partial charge in [-0.3, -0.25) is 19.6 Å². The van der Waals surface area contributed by atoms with Gasteiger partial charge in [-0.1, -0.05) is 0 Å². The summed E-state index contributed by atoms with van der Waals surface area (Å²) in [7, 11) is 1.05. The number of nitriles is 1. The van der Waals surface area contributed by atoms with Crippen LogP contribution in [0.3, 0.4) is 0 Å². The summed E-state index contributed by atoms with van der Waals surface area (Å²) in [6, 6.07) is 2.37. The lowest BCUT2D eigenvalue weighted by Gasteiger charge is -2.24. The largest absolute Gasteiger partial charge is 0.406 e. The molecule has 0 spiro atoms. The number of carbonyl (C=O) groups is 2. The number of pyridine rings is 1. The summed E-state index contributed by atoms with van der Waals surface area (Å²) in [6.07, 6.45) is 1.94. The maximum absolute atomic E-state index is 12.6. The number of alkyl halides is 3. The monoisotopic (exact) mass is 446 g/mol. The van der Waals surface area contributed by atoms with E-state index in [1.807, 2.05) is 6.07 Å². The first-order chi connectivity index (χ1) is 15.1. The normalized spacial score (nSPS) is 14.4. The Morgan fingerprint density at radius 1 is 1.25 bits per heavy atom. The second-order valence-corrected chi connectivity index (χ2v) is 7.72. The number of nitrogens with zero attached hydrogens (tertiary/aromatic N) is 5. The second-order valence-electron chi connectivity index (χ2n) is 7.72. The molecule has 1 aliphatic rings. The van der Waals surface area contributed by atoms with Gasteiger partial charge in [0.2, 0.25) is 5.91 Å². The Balaban J connectivity index is 1.74. The summed E-state index contributed by atoms with van der Waals surface area (Å²) >= 11 is 0. The van der Waals surface area contributed by atoms with Crippen LogP contribution in [0.2, 0.25) is 0 Å². The van der Waals surface area contributed by atoms with Crippen molar-refractivity contribution in [1.29, 1.82) is 5.26 Å². The molecule has 0 aliphatic heterocycles. The number of ketones is 1. The third kappa shape index (κ3) is 6.00. The Bertz CT molecular complexity index is 1040. The van der Waals surface area contributed by atoms with Gasteiger partial charge in [0.15, 0.2) is 5.69 Å². The highest BCUT2D eigenvalue weighted by Gasteiger charge is 2.33. The number of halogens is 3. The van der Waals surface area contributed by atoms with E-state index >= 15 is 0 Å². The standard InChI is InChI=1S/C21H21F3N6O2/c1-12(20(32)30(2)11-21(22,23)24)29-16-5-14(8-27-17(16)7-25)18-10-26-15(9-28-18)6-19(31)13-3-4-13/h5,8-10,12-13,29H,3-4,6,11H2,1-2H3. The Hall–Kier alpha value is -3.55. The summed E-state index contributed by atoms with van der Waals surface area (Å²) < 4.78 is 37.7. The molecule has 1 atom stereocenters. The molecule has 2 aromatic rings. The zero-order valence-electron chi connectivity index (χ0n) is 17.5. The lowest BCUT2D eigenvalue weighted by atomic mass is 10.1. The van der Waals surface area contributed by atoms with Gasteiger partial charge in [0.05, 0.1) is 29.7 Å². The summed E-state index contributed by atoms with van der Waals surface area (Å²) in [5.41, 5.74) is 1.63. The van der Waals surface area contributed by atoms with Crippen molar-refractivity contribution in [3.05, 3.63) is 36.0 Å². The highest BCUT2D eigenvalue weighted by atomic mass is 19.4. The van der Waals surface area contributed by atoms with Crippen molar-refractivity contribution in [3.63, 3.8) is 0 Å². The number of aromatic nitrogens is 3. The predicted molar refractivity (Wildman–Crippen MR) is 108 cm³/mol. The third-order valence-corrected chi connectivity index (χ3v) is 4.92. The summed E-state index contributed by atoms with van der Waals surface area (Å²) in [6.45, 7) is 0.0148. The lowest BCUT2D eigenvalue weighted by molar-refractivity contribution is -0.158. The SMILES string of the molecule is CC(Nc1cc(-c2cnc(CC(=O)C3CC3)cn2)cnc1C#N)C(=O)N(C)CC(F)(F)F. The van der Waals surface area contributed by atoms with Gasteiger partial charge >= 0.3 is 6.18 Å². The maximum Gasteiger partial charge on any atom is 0.406 e. The fraction of sp³-hybridized carbons (Fsp3) is 0.429. The van der Waals surface area contributed by atoms with Crippen molar-refractivity contribution >= 4 is 17.4 Å². The van der Waals surface area contributed by atoms with Gasteiger partial charge in [0, 0.05) is 30.9 Å². The average molecular weight is 446 g/mol. The van der Waals surface area contributed by atoms with Gasteiger partial charge in [-0.2, -0.15) is 18.4 Å². The maximum atomic E-state index is 12.6. The van der Waals surface area contributed by atoms with E-state index in [4.69, 9.17) is 0 Å². The molecule has 0 aromatic carbocycles. The van der Waals surface area contributed by atoms with Crippen molar-refractivity contribution in [3.8, 4) is 17.3 Å². The van der Waals surface area contributed by atoms with E-state index in [1.54, 1.807) is 0 Å². The van der Waals surface area contributed by atoms with Gasteiger partial charge in [0.25, 0.3) is 0 Å². The Kier molecular flexibility index (Phi) is 6.72. The minimum atomic E-state index is -4.52. The van der Waals surface area contributed by atoms with Crippen LogP contribution in [0, 0.1) is 17.2 Å². The molecule has 1 saturated carbocycles. The van der Waals surface area contributed by atoms with Crippen molar-refractivity contribution in [1.82, 2.24) is 19.9 Å². The summed E-state index contributed by atoms with van der Waals surface area (Å²) in [4.78, 5) is 37.3. The highest BCUT2D eigenvalue weighted by molar-refractivity contribution is 5.85. The number of Topliss-reactive ketones (excluding diaryl/α,β-unsaturated/α-hetero) is 1. The number of likely N-dealkylation sites (N-methyl/N-ethyl adjacent to an activating group) is 1. The molecule has 32 heavy (non-hydrogen) atoms. The van der Waals surface area contributed by atoms with Crippen molar-refractivity contribution in [2.75, 3.05) is 18.9 Å². The molecule has 0 radical (unpaired) electrons. The summed E-state index contributed by atoms with van der Waals surface area (Å²) in [5.74, 6) is -0.512. The van der Waals surface area contributed by atoms with E-state index in [2.05, 4.69) is 20.3 Å². The van der Waals surface area contributed by atoms with Gasteiger partial charge in [-0.25, -0.2) is 4.98 Å². The molecule has 2 aromatic heterocycles. The third-order valence-electron chi connectivity index (χ3n) is 4.92. The number of carbonyl (C=O) groups excluding carboxylic acids is 2. The number of hydrogen-bond donors (Lipinski definition) is 1. The molecule has 168 valence electrons. The first-order valence-corrected chi connectivity index (χ1v) is 9.90. The van der Waals surface area contributed by atoms with Gasteiger partial charge in [-0.15, -0.1) is 0 Å². The molecule has 2 heterocycles. The van der Waals surface area contributed by atoms with Crippen LogP contribution >= 0.6 is 0 Å². The molecule has 1 unspecified atom stereocenters. The van der Waals surface area contributed by atoms with Crippen molar-refractivity contribution in [2.24, 2.45) is 5.92 Å². The molecule has 1 fully saturated rings. The van der Waals surface area contributed by atoms with Crippen LogP contribution in [0.5, 0.6) is 0 Å². The average Bonchev–Trinajstić information content (AvgIpc) is 3.58. The zero-order chi connectivity index (χ0) is 23.5. The van der Waals surface area contributed by atoms with Crippen LogP contribution in [0.1, 0.15) is 31.2 Å². The lowest BCUT2D eigenvalue weighted by Crippen LogP contribution is -2.43. The fourth-order valence-corrected chi connectivity index (χ4v) is 3.10. The molecule has 3 rings (SSSR count). The van der Waals surface area contributed by atoms with E-state index in [0.29, 0.717) is 21.9 Å². The Morgan fingerprint density at radius 3 is 2.53 bits per heavy atom. The van der Waals surface area contributed by atoms with Crippen LogP contribution in [0.25, 0.3) is 11.3 Å². The molecular weight excluding hydrogens is 425 g/mol. The van der Waals surface area contributed by atoms with Crippen LogP contribution in [-0.4, -0.2) is 57.4 Å². The first kappa shape index (κ1) is 23.1. The van der Waals surface area contributed by atoms with Crippen LogP contribution in [-0.2, 0) is 16.0 Å². The fourth-order valence-electron chi connectivity index (χ4n) is 3.10. The smallest absolute Gasteiger partial charge is 0.372 e. The van der Waals surface area contributed by atoms with E-state index in [-0.39, 0.29) is 29.5 Å². The van der Waals surface area contributed by atoms with E-state index in [0.717, 1.165) is 19.9 Å². The van der Waals surface area contributed by atoms with Gasteiger partial charge < -0.3 is 10.2 Å². The van der Waals surface area contributed by atoms with Gasteiger partial charge in [-0.05, 0) is 25.8 Å². The minimum Gasteiger partial charge on any atom is -0.372 e. The molecule has 1 amide bonds. The number of nitrogens with one attached hydrogen (secondary N) is 1. The molecule has 0 saturated heterocycles. The summed E-state index contributed by atoms with van der Waals surface area (Å²) in [5, 5.41) is 12.1. The first-order valence-electron chi connectivity index (χ1n) is 9.90. The molecule has 8 nitrogen and oxygen atoms in total. The van der Waals surface area contributed by atoms with E-state index in [1.165, 1.54) is 31.6 Å². The molecule has 1 N–H and O–H groups in total. The Morgan fingerprint density at radius 2 is 1.97 bits per heavy atom. The molecule has 11 heteroatoms. The molecule has 1 aliphatic carbocycles. The predicted octanol–water partition coefficient (Wildman–Crippen LogP) is 2.75. The molecular formula is C21H21F3N6O2. The number of amides is 1. The van der Waals surface area contributed by atoms with Crippen molar-refractivity contribution < 1.29 is 22.8 Å². The van der Waals surface area contributed by atoms with Crippen molar-refractivity contribution in [2.45, 2.75) is 38.4 Å². The van der Waals surface area contributed by atoms with E-state index < -0.39 is 24.7 Å². The zero-order valence-corrected chi connectivity index (χ0v) is 17.5. The Labute approximate surface area is 182 Å². The van der Waals surface area contributed by atoms with Crippen LogP contribution in [0.4, 0.5) is 18.9 Å². The topological polar surface area (TPSA) is 112 Å². The number of rotatable bonds is 8. The second kappa shape index (κ2) is 9.30. The quantitative estimate of drug-likeness (QED) is 0.664. The molecule has 0 bridgehead atoms. The highest BCUT2D eigenvalue weighted by Crippen LogP contribution is 2.31. The number of hydrogen-bond acceptors (Lipinski definition) is 7. The van der Waals surface area contributed by atoms with Crippen LogP contribution in [0.15, 0.2) is 24.7 Å². The van der Waals surface area contributed by atoms with E-state index in [9.17, 15) is 28.0 Å². The number of anilines is 1. The van der Waals surface area contributed by atoms with Crippen LogP contribution < -0.4 is 5.32 Å². The van der Waals surface area contributed by atoms with Gasteiger partial charge in [0.1, 0.15) is 24.4 Å². The minimum absolute atomic E-state index is 0.0218.